The molecule has 0 atom stereocenters. The van der Waals surface area contributed by atoms with Gasteiger partial charge in [0.25, 0.3) is 5.91 Å². The third kappa shape index (κ3) is 5.28. The van der Waals surface area contributed by atoms with Crippen LogP contribution in [0.25, 0.3) is 17.1 Å². The van der Waals surface area contributed by atoms with Crippen molar-refractivity contribution in [2.24, 2.45) is 7.05 Å². The molecule has 0 spiro atoms. The smallest absolute Gasteiger partial charge is 0.259 e. The van der Waals surface area contributed by atoms with Crippen molar-refractivity contribution in [2.45, 2.75) is 59.3 Å². The lowest BCUT2D eigenvalue weighted by atomic mass is 9.86. The lowest BCUT2D eigenvalue weighted by Crippen LogP contribution is -2.17. The molecule has 0 saturated carbocycles. The molecule has 0 bridgehead atoms. The summed E-state index contributed by atoms with van der Waals surface area (Å²) >= 11 is 0. The Kier molecular flexibility index (Phi) is 6.71. The normalized spacial score (nSPS) is 12.0. The molecule has 0 unspecified atom stereocenters. The first-order valence-electron chi connectivity index (χ1n) is 12.4. The molecule has 8 nitrogen and oxygen atoms in total. The van der Waals surface area contributed by atoms with Crippen LogP contribution in [0.15, 0.2) is 48.8 Å². The number of imidazole rings is 1. The predicted octanol–water partition coefficient (Wildman–Crippen LogP) is 5.83. The number of carbonyl (C=O) groups is 1. The third-order valence-corrected chi connectivity index (χ3v) is 6.44. The second-order valence-electron chi connectivity index (χ2n) is 11.4. The Morgan fingerprint density at radius 1 is 1.00 bits per heavy atom. The van der Waals surface area contributed by atoms with Crippen LogP contribution in [-0.4, -0.2) is 37.6 Å². The minimum absolute atomic E-state index is 0.0821. The molecule has 4 aromatic rings. The van der Waals surface area contributed by atoms with Crippen LogP contribution >= 0.6 is 0 Å². The molecular weight excluding hydrogens is 464 g/mol. The van der Waals surface area contributed by atoms with Crippen LogP contribution < -0.4 is 10.1 Å². The molecule has 8 heteroatoms. The largest absolute Gasteiger partial charge is 0.496 e. The monoisotopic (exact) mass is 500 g/mol. The van der Waals surface area contributed by atoms with Gasteiger partial charge in [0.15, 0.2) is 0 Å². The average molecular weight is 501 g/mol. The van der Waals surface area contributed by atoms with Gasteiger partial charge in [0.1, 0.15) is 17.3 Å². The van der Waals surface area contributed by atoms with E-state index in [2.05, 4.69) is 66.7 Å². The number of aryl methyl sites for hydroxylation is 1. The van der Waals surface area contributed by atoms with Gasteiger partial charge in [0, 0.05) is 18.2 Å². The molecule has 0 saturated heterocycles. The van der Waals surface area contributed by atoms with Crippen molar-refractivity contribution in [3.05, 3.63) is 71.3 Å². The minimum Gasteiger partial charge on any atom is -0.496 e. The number of methoxy groups -OCH3 is 1. The molecule has 0 aliphatic carbocycles. The number of amides is 1. The van der Waals surface area contributed by atoms with Crippen molar-refractivity contribution >= 4 is 11.6 Å². The van der Waals surface area contributed by atoms with Crippen molar-refractivity contribution in [2.75, 3.05) is 12.4 Å². The van der Waals surface area contributed by atoms with Crippen LogP contribution in [0.3, 0.4) is 0 Å². The molecule has 1 N–H and O–H groups in total. The number of hydrogen-bond donors (Lipinski definition) is 1. The maximum Gasteiger partial charge on any atom is 0.259 e. The zero-order valence-corrected chi connectivity index (χ0v) is 23.2. The summed E-state index contributed by atoms with van der Waals surface area (Å²) in [6, 6.07) is 11.5. The van der Waals surface area contributed by atoms with Gasteiger partial charge in [-0.15, -0.1) is 5.10 Å². The Hall–Kier alpha value is -3.94. The summed E-state index contributed by atoms with van der Waals surface area (Å²) in [7, 11) is 3.56. The van der Waals surface area contributed by atoms with Gasteiger partial charge < -0.3 is 14.6 Å². The zero-order valence-electron chi connectivity index (χ0n) is 23.2. The summed E-state index contributed by atoms with van der Waals surface area (Å²) in [6.45, 7) is 14.7. The second-order valence-corrected chi connectivity index (χ2v) is 11.4. The summed E-state index contributed by atoms with van der Waals surface area (Å²) in [5.41, 5.74) is 5.47. The van der Waals surface area contributed by atoms with E-state index < -0.39 is 0 Å². The number of rotatable bonds is 5. The van der Waals surface area contributed by atoms with Gasteiger partial charge in [0.2, 0.25) is 0 Å². The molecule has 0 radical (unpaired) electrons. The third-order valence-electron chi connectivity index (χ3n) is 6.44. The molecule has 2 aromatic carbocycles. The van der Waals surface area contributed by atoms with E-state index in [1.54, 1.807) is 11.8 Å². The first kappa shape index (κ1) is 26.1. The highest BCUT2D eigenvalue weighted by Gasteiger charge is 2.23. The predicted molar refractivity (Wildman–Crippen MR) is 147 cm³/mol. The highest BCUT2D eigenvalue weighted by atomic mass is 16.5. The van der Waals surface area contributed by atoms with Crippen LogP contribution in [0.5, 0.6) is 5.75 Å². The fourth-order valence-corrected chi connectivity index (χ4v) is 4.33. The molecule has 0 fully saturated rings. The van der Waals surface area contributed by atoms with E-state index in [4.69, 9.17) is 4.74 Å². The molecule has 1 amide bonds. The lowest BCUT2D eigenvalue weighted by Gasteiger charge is -2.21. The molecule has 2 aromatic heterocycles. The number of nitrogens with one attached hydrogen (secondary N) is 1. The molecular formula is C29H36N6O2. The van der Waals surface area contributed by atoms with E-state index in [9.17, 15) is 4.79 Å². The van der Waals surface area contributed by atoms with E-state index in [1.807, 2.05) is 62.8 Å². The van der Waals surface area contributed by atoms with Gasteiger partial charge in [-0.3, -0.25) is 4.79 Å². The lowest BCUT2D eigenvalue weighted by molar-refractivity contribution is 0.102. The van der Waals surface area contributed by atoms with Crippen LogP contribution in [0.2, 0.25) is 0 Å². The quantitative estimate of drug-likeness (QED) is 0.372. The van der Waals surface area contributed by atoms with Crippen molar-refractivity contribution in [3.8, 4) is 22.8 Å². The Morgan fingerprint density at radius 3 is 2.35 bits per heavy atom. The van der Waals surface area contributed by atoms with Gasteiger partial charge in [-0.05, 0) is 47.7 Å². The number of hydrogen-bond acceptors (Lipinski definition) is 5. The van der Waals surface area contributed by atoms with Crippen LogP contribution in [-0.2, 0) is 17.9 Å². The molecule has 37 heavy (non-hydrogen) atoms. The summed E-state index contributed by atoms with van der Waals surface area (Å²) in [5.74, 6) is 1.27. The number of ether oxygens (including phenoxy) is 1. The highest BCUT2D eigenvalue weighted by Crippen LogP contribution is 2.30. The minimum atomic E-state index is -0.235. The maximum absolute atomic E-state index is 13.3. The Bertz CT molecular complexity index is 1450. The van der Waals surface area contributed by atoms with Crippen LogP contribution in [0.4, 0.5) is 5.69 Å². The number of aromatic nitrogens is 5. The van der Waals surface area contributed by atoms with Gasteiger partial charge >= 0.3 is 0 Å². The number of nitrogens with zero attached hydrogens (tertiary/aromatic N) is 5. The Balaban J connectivity index is 1.64. The van der Waals surface area contributed by atoms with Crippen molar-refractivity contribution in [1.82, 2.24) is 24.5 Å². The van der Waals surface area contributed by atoms with Gasteiger partial charge in [0.05, 0.1) is 36.4 Å². The first-order valence-corrected chi connectivity index (χ1v) is 12.4. The molecule has 0 aliphatic rings. The fourth-order valence-electron chi connectivity index (χ4n) is 4.33. The molecule has 2 heterocycles. The van der Waals surface area contributed by atoms with E-state index >= 15 is 0 Å². The van der Waals surface area contributed by atoms with Crippen LogP contribution in [0.1, 0.15) is 68.9 Å². The summed E-state index contributed by atoms with van der Waals surface area (Å²) in [6.07, 6.45) is 3.71. The number of anilines is 1. The second kappa shape index (κ2) is 9.50. The summed E-state index contributed by atoms with van der Waals surface area (Å²) in [4.78, 5) is 17.9. The number of benzene rings is 2. The molecule has 194 valence electrons. The zero-order chi connectivity index (χ0) is 27.1. The fraction of sp³-hybridized carbons (Fsp3) is 0.379. The van der Waals surface area contributed by atoms with E-state index in [-0.39, 0.29) is 16.7 Å². The van der Waals surface area contributed by atoms with Gasteiger partial charge in [-0.25, -0.2) is 9.67 Å². The van der Waals surface area contributed by atoms with E-state index in [0.29, 0.717) is 17.0 Å². The van der Waals surface area contributed by atoms with Gasteiger partial charge in [-0.2, -0.15) is 0 Å². The Morgan fingerprint density at radius 2 is 1.73 bits per heavy atom. The van der Waals surface area contributed by atoms with E-state index in [0.717, 1.165) is 34.0 Å². The van der Waals surface area contributed by atoms with Crippen LogP contribution in [0, 0.1) is 6.92 Å². The molecule has 4 rings (SSSR count). The van der Waals surface area contributed by atoms with Gasteiger partial charge in [-0.1, -0.05) is 58.9 Å². The summed E-state index contributed by atoms with van der Waals surface area (Å²) in [5, 5.41) is 11.8. The topological polar surface area (TPSA) is 86.9 Å². The van der Waals surface area contributed by atoms with Crippen molar-refractivity contribution in [3.63, 3.8) is 0 Å². The number of carbonyl (C=O) groups excluding carboxylic acids is 1. The highest BCUT2D eigenvalue weighted by molar-refractivity contribution is 6.06. The SMILES string of the molecule is COc1ccc(C(C)(C)C)cc1C(=O)Nc1ccc(C)c(-n2cc(-c3cnc(C(C)(C)C)n3C)nn2)c1. The van der Waals surface area contributed by atoms with Crippen molar-refractivity contribution in [1.29, 1.82) is 0 Å². The Labute approximate surface area is 218 Å². The summed E-state index contributed by atoms with van der Waals surface area (Å²) < 4.78 is 9.25. The average Bonchev–Trinajstić information content (AvgIpc) is 3.45. The molecule has 0 aliphatic heterocycles. The van der Waals surface area contributed by atoms with Crippen molar-refractivity contribution < 1.29 is 9.53 Å². The first-order chi connectivity index (χ1) is 17.3. The van der Waals surface area contributed by atoms with E-state index in [1.165, 1.54) is 0 Å². The standard InChI is InChI=1S/C29H36N6O2/c1-18-10-12-20(31-26(36)21-14-19(28(2,3)4)11-13-25(21)37-9)15-23(18)35-17-22(32-33-35)24-16-30-27(34(24)8)29(5,6)7/h10-17H,1-9H3,(H,31,36). The maximum atomic E-state index is 13.3.